The molecular formula is C27H32O7. The van der Waals surface area contributed by atoms with Crippen LogP contribution in [0.4, 0.5) is 0 Å². The molecule has 0 aliphatic heterocycles. The van der Waals surface area contributed by atoms with E-state index in [9.17, 15) is 34.8 Å². The lowest BCUT2D eigenvalue weighted by Crippen LogP contribution is -2.60. The number of carbonyl (C=O) groups is 3. The average molecular weight is 469 g/mol. The third kappa shape index (κ3) is 3.09. The summed E-state index contributed by atoms with van der Waals surface area (Å²) >= 11 is 0. The summed E-state index contributed by atoms with van der Waals surface area (Å²) in [6, 6.07) is 1.88. The van der Waals surface area contributed by atoms with Gasteiger partial charge in [-0.15, -0.1) is 0 Å². The van der Waals surface area contributed by atoms with Crippen LogP contribution in [-0.2, 0) is 22.4 Å². The molecule has 0 saturated heterocycles. The molecule has 3 aliphatic rings. The summed E-state index contributed by atoms with van der Waals surface area (Å²) in [6.07, 6.45) is 1.87. The molecule has 7 heteroatoms. The average Bonchev–Trinajstić information content (AvgIpc) is 2.74. The quantitative estimate of drug-likeness (QED) is 0.494. The maximum absolute atomic E-state index is 13.7. The molecule has 0 saturated carbocycles. The lowest BCUT2D eigenvalue weighted by Gasteiger charge is -2.50. The van der Waals surface area contributed by atoms with Crippen molar-refractivity contribution in [3.63, 3.8) is 0 Å². The lowest BCUT2D eigenvalue weighted by atomic mass is 9.55. The van der Waals surface area contributed by atoms with Gasteiger partial charge in [-0.05, 0) is 61.6 Å². The van der Waals surface area contributed by atoms with E-state index in [1.807, 2.05) is 33.8 Å². The minimum Gasteiger partial charge on any atom is -0.511 e. The van der Waals surface area contributed by atoms with E-state index < -0.39 is 52.0 Å². The summed E-state index contributed by atoms with van der Waals surface area (Å²) in [5.74, 6) is -6.04. The molecule has 0 fully saturated rings. The summed E-state index contributed by atoms with van der Waals surface area (Å²) in [7, 11) is 0. The number of carbonyl (C=O) groups excluding carboxylic acids is 3. The minimum atomic E-state index is -2.49. The van der Waals surface area contributed by atoms with Gasteiger partial charge >= 0.3 is 0 Å². The highest BCUT2D eigenvalue weighted by Crippen LogP contribution is 2.55. The zero-order valence-electron chi connectivity index (χ0n) is 20.2. The maximum Gasteiger partial charge on any atom is 0.209 e. The molecular weight excluding hydrogens is 436 g/mol. The number of benzene rings is 1. The van der Waals surface area contributed by atoms with Crippen LogP contribution in [0.1, 0.15) is 67.6 Å². The molecule has 1 aromatic carbocycles. The van der Waals surface area contributed by atoms with E-state index in [0.717, 1.165) is 18.9 Å². The van der Waals surface area contributed by atoms with Crippen LogP contribution in [0.2, 0.25) is 0 Å². The standard InChI is InChI=1S/C27H32O7/c1-6-7-14-8-12(4)16-9-15-10-17-18(11(2)3)23(30)19(13(5)28)25(32)27(17,34)26(33)20(15)24(31)21(16)22(14)29/h8,11,15,17-18,29-30,33-34H,6-7,9-10H2,1-5H3. The molecule has 4 rings (SSSR count). The number of fused-ring (bicyclic) bond motifs is 3. The number of allylic oxidation sites excluding steroid dienone is 2. The van der Waals surface area contributed by atoms with Gasteiger partial charge in [0.15, 0.2) is 17.2 Å². The van der Waals surface area contributed by atoms with Gasteiger partial charge < -0.3 is 20.4 Å². The van der Waals surface area contributed by atoms with Gasteiger partial charge in [0.1, 0.15) is 22.8 Å². The smallest absolute Gasteiger partial charge is 0.209 e. The van der Waals surface area contributed by atoms with Crippen LogP contribution < -0.4 is 0 Å². The second kappa shape index (κ2) is 8.08. The van der Waals surface area contributed by atoms with Crippen molar-refractivity contribution in [2.45, 2.75) is 65.9 Å². The minimum absolute atomic E-state index is 0.0882. The van der Waals surface area contributed by atoms with Crippen LogP contribution in [0.15, 0.2) is 28.7 Å². The number of Topliss-reactive ketones (excluding diaryl/α,β-unsaturated/α-hetero) is 3. The first-order valence-corrected chi connectivity index (χ1v) is 11.9. The number of hydrogen-bond donors (Lipinski definition) is 4. The van der Waals surface area contributed by atoms with Crippen molar-refractivity contribution in [2.75, 3.05) is 0 Å². The first kappa shape index (κ1) is 24.2. The summed E-state index contributed by atoms with van der Waals surface area (Å²) < 4.78 is 0. The topological polar surface area (TPSA) is 132 Å². The number of aryl methyl sites for hydroxylation is 2. The second-order valence-corrected chi connectivity index (χ2v) is 10.3. The van der Waals surface area contributed by atoms with Crippen molar-refractivity contribution in [3.8, 4) is 5.75 Å². The first-order valence-electron chi connectivity index (χ1n) is 11.9. The lowest BCUT2D eigenvalue weighted by molar-refractivity contribution is -0.149. The van der Waals surface area contributed by atoms with Crippen molar-refractivity contribution < 1.29 is 34.8 Å². The van der Waals surface area contributed by atoms with Crippen molar-refractivity contribution in [3.05, 3.63) is 51.0 Å². The van der Waals surface area contributed by atoms with E-state index in [-0.39, 0.29) is 35.0 Å². The van der Waals surface area contributed by atoms with Crippen LogP contribution in [0.25, 0.3) is 0 Å². The van der Waals surface area contributed by atoms with Crippen molar-refractivity contribution >= 4 is 17.3 Å². The molecule has 0 bridgehead atoms. The molecule has 4 unspecified atom stereocenters. The van der Waals surface area contributed by atoms with Crippen molar-refractivity contribution in [1.82, 2.24) is 0 Å². The second-order valence-electron chi connectivity index (χ2n) is 10.3. The summed E-state index contributed by atoms with van der Waals surface area (Å²) in [5.41, 5.74) is -0.805. The molecule has 0 amide bonds. The molecule has 3 aliphatic carbocycles. The van der Waals surface area contributed by atoms with Gasteiger partial charge in [-0.1, -0.05) is 33.3 Å². The van der Waals surface area contributed by atoms with E-state index >= 15 is 0 Å². The van der Waals surface area contributed by atoms with Gasteiger partial charge in [-0.3, -0.25) is 14.4 Å². The van der Waals surface area contributed by atoms with Gasteiger partial charge in [0, 0.05) is 17.4 Å². The zero-order chi connectivity index (χ0) is 25.3. The first-order chi connectivity index (χ1) is 15.9. The molecule has 0 heterocycles. The van der Waals surface area contributed by atoms with E-state index in [2.05, 4.69) is 0 Å². The van der Waals surface area contributed by atoms with Crippen LogP contribution in [0, 0.1) is 30.6 Å². The fourth-order valence-corrected chi connectivity index (χ4v) is 6.38. The number of phenols is 1. The molecule has 1 aromatic rings. The van der Waals surface area contributed by atoms with E-state index in [4.69, 9.17) is 0 Å². The molecule has 4 atom stereocenters. The molecule has 7 nitrogen and oxygen atoms in total. The number of aliphatic hydroxyl groups is 3. The predicted octanol–water partition coefficient (Wildman–Crippen LogP) is 3.83. The Hall–Kier alpha value is -2.93. The highest BCUT2D eigenvalue weighted by molar-refractivity contribution is 6.25. The van der Waals surface area contributed by atoms with Crippen molar-refractivity contribution in [1.29, 1.82) is 0 Å². The fraction of sp³-hybridized carbons (Fsp3) is 0.519. The number of ketones is 3. The normalized spacial score (nSPS) is 28.7. The van der Waals surface area contributed by atoms with E-state index in [1.54, 1.807) is 0 Å². The van der Waals surface area contributed by atoms with Crippen molar-refractivity contribution in [2.24, 2.45) is 23.7 Å². The number of aromatic hydroxyl groups is 1. The largest absolute Gasteiger partial charge is 0.511 e. The maximum atomic E-state index is 13.7. The molecule has 4 N–H and O–H groups in total. The van der Waals surface area contributed by atoms with Gasteiger partial charge in [0.2, 0.25) is 5.78 Å². The molecule has 0 spiro atoms. The zero-order valence-corrected chi connectivity index (χ0v) is 20.2. The Balaban J connectivity index is 1.96. The van der Waals surface area contributed by atoms with E-state index in [0.29, 0.717) is 24.0 Å². The van der Waals surface area contributed by atoms with Crippen LogP contribution in [0.5, 0.6) is 5.75 Å². The SMILES string of the molecule is CCCc1cc(C)c2c(c1O)C(=O)C1=C(O)C3(O)C(=O)C(C(C)=O)=C(O)C(C(C)C)C3CC1C2. The number of phenolic OH excluding ortho intramolecular Hbond substituents is 1. The third-order valence-electron chi connectivity index (χ3n) is 7.90. The van der Waals surface area contributed by atoms with Gasteiger partial charge in [-0.25, -0.2) is 0 Å². The Morgan fingerprint density at radius 2 is 1.85 bits per heavy atom. The summed E-state index contributed by atoms with van der Waals surface area (Å²) in [5, 5.41) is 44.8. The Kier molecular flexibility index (Phi) is 5.75. The molecule has 34 heavy (non-hydrogen) atoms. The van der Waals surface area contributed by atoms with Crippen LogP contribution >= 0.6 is 0 Å². The third-order valence-corrected chi connectivity index (χ3v) is 7.90. The Labute approximate surface area is 198 Å². The van der Waals surface area contributed by atoms with Gasteiger partial charge in [0.25, 0.3) is 0 Å². The summed E-state index contributed by atoms with van der Waals surface area (Å²) in [4.78, 5) is 39.3. The number of aliphatic hydroxyl groups excluding tert-OH is 2. The highest BCUT2D eigenvalue weighted by atomic mass is 16.3. The number of hydrogen-bond acceptors (Lipinski definition) is 7. The Bertz CT molecular complexity index is 1190. The van der Waals surface area contributed by atoms with Crippen LogP contribution in [0.3, 0.4) is 0 Å². The number of rotatable bonds is 4. The molecule has 182 valence electrons. The highest BCUT2D eigenvalue weighted by Gasteiger charge is 2.62. The molecule has 0 radical (unpaired) electrons. The van der Waals surface area contributed by atoms with Gasteiger partial charge in [-0.2, -0.15) is 0 Å². The Morgan fingerprint density at radius 1 is 1.21 bits per heavy atom. The van der Waals surface area contributed by atoms with Crippen LogP contribution in [-0.4, -0.2) is 43.4 Å². The molecule has 0 aromatic heterocycles. The van der Waals surface area contributed by atoms with E-state index in [1.165, 1.54) is 0 Å². The fourth-order valence-electron chi connectivity index (χ4n) is 6.38. The van der Waals surface area contributed by atoms with Gasteiger partial charge in [0.05, 0.1) is 5.56 Å². The summed E-state index contributed by atoms with van der Waals surface area (Å²) in [6.45, 7) is 8.59. The monoisotopic (exact) mass is 468 g/mol. The Morgan fingerprint density at radius 3 is 2.41 bits per heavy atom. The predicted molar refractivity (Wildman–Crippen MR) is 125 cm³/mol.